The fourth-order valence-corrected chi connectivity index (χ4v) is 5.44. The Morgan fingerprint density at radius 1 is 1.09 bits per heavy atom. The second kappa shape index (κ2) is 11.4. The lowest BCUT2D eigenvalue weighted by Crippen LogP contribution is -2.44. The number of benzene rings is 1. The summed E-state index contributed by atoms with van der Waals surface area (Å²) in [6.45, 7) is 5.29. The minimum Gasteiger partial charge on any atom is -0.347 e. The summed E-state index contributed by atoms with van der Waals surface area (Å²) in [5.74, 6) is 1.15. The van der Waals surface area contributed by atoms with E-state index in [0.717, 1.165) is 38.2 Å². The summed E-state index contributed by atoms with van der Waals surface area (Å²) in [5, 5.41) is 3.40. The first-order valence-corrected chi connectivity index (χ1v) is 12.3. The van der Waals surface area contributed by atoms with Crippen LogP contribution in [0.1, 0.15) is 69.2 Å². The molecule has 1 N–H and O–H groups in total. The summed E-state index contributed by atoms with van der Waals surface area (Å²) in [4.78, 5) is 20.1. The monoisotopic (exact) mass is 431 g/mol. The van der Waals surface area contributed by atoms with E-state index >= 15 is 0 Å². The summed E-state index contributed by atoms with van der Waals surface area (Å²) < 4.78 is 0. The fraction of sp³-hybridized carbons (Fsp3) is 0.500. The van der Waals surface area contributed by atoms with Crippen LogP contribution in [0.5, 0.6) is 0 Å². The van der Waals surface area contributed by atoms with Crippen LogP contribution in [0.25, 0.3) is 6.08 Å². The topological polar surface area (TPSA) is 45.2 Å². The Labute approximate surface area is 193 Å². The third-order valence-corrected chi connectivity index (χ3v) is 6.97. The molecule has 1 saturated carbocycles. The van der Waals surface area contributed by atoms with E-state index in [1.54, 1.807) is 0 Å². The fourth-order valence-electron chi connectivity index (χ4n) is 5.44. The second-order valence-electron chi connectivity index (χ2n) is 9.69. The normalized spacial score (nSPS) is 21.4. The van der Waals surface area contributed by atoms with Gasteiger partial charge in [-0.15, -0.1) is 0 Å². The second-order valence-corrected chi connectivity index (χ2v) is 9.69. The Hall–Kier alpha value is -2.46. The third-order valence-electron chi connectivity index (χ3n) is 6.97. The zero-order valence-corrected chi connectivity index (χ0v) is 19.4. The highest BCUT2D eigenvalue weighted by molar-refractivity contribution is 5.76. The molecule has 2 aliphatic rings. The molecule has 2 aromatic rings. The van der Waals surface area contributed by atoms with Gasteiger partial charge >= 0.3 is 0 Å². The number of likely N-dealkylation sites (tertiary alicyclic amines) is 1. The Bertz CT molecular complexity index is 874. The number of hydrogen-bond acceptors (Lipinski definition) is 3. The predicted molar refractivity (Wildman–Crippen MR) is 131 cm³/mol. The van der Waals surface area contributed by atoms with E-state index in [4.69, 9.17) is 0 Å². The molecule has 1 aliphatic heterocycles. The number of rotatable bonds is 8. The number of nitrogens with one attached hydrogen (secondary N) is 1. The molecule has 1 aromatic carbocycles. The summed E-state index contributed by atoms with van der Waals surface area (Å²) in [6, 6.07) is 16.6. The molecular weight excluding hydrogens is 394 g/mol. The number of carbonyl (C=O) groups excluding carboxylic acids is 1. The average Bonchev–Trinajstić information content (AvgIpc) is 3.32. The van der Waals surface area contributed by atoms with E-state index in [0.29, 0.717) is 18.3 Å². The number of pyridine rings is 1. The number of piperidine rings is 1. The number of amides is 1. The number of nitrogens with zero attached hydrogens (tertiary/aromatic N) is 2. The first kappa shape index (κ1) is 22.7. The van der Waals surface area contributed by atoms with Crippen molar-refractivity contribution in [2.24, 2.45) is 11.8 Å². The lowest BCUT2D eigenvalue weighted by molar-refractivity contribution is -0.123. The van der Waals surface area contributed by atoms with Gasteiger partial charge in [-0.1, -0.05) is 60.9 Å². The lowest BCUT2D eigenvalue weighted by atomic mass is 9.87. The molecule has 2 heterocycles. The molecule has 2 atom stereocenters. The molecule has 2 fully saturated rings. The summed E-state index contributed by atoms with van der Waals surface area (Å²) in [5.41, 5.74) is 3.62. The summed E-state index contributed by atoms with van der Waals surface area (Å²) in [6.07, 6.45) is 12.0. The molecule has 0 bridgehead atoms. The van der Waals surface area contributed by atoms with Crippen LogP contribution in [0.15, 0.2) is 60.3 Å². The van der Waals surface area contributed by atoms with Gasteiger partial charge in [-0.3, -0.25) is 14.7 Å². The van der Waals surface area contributed by atoms with Crippen molar-refractivity contribution in [2.75, 3.05) is 19.6 Å². The third kappa shape index (κ3) is 6.52. The van der Waals surface area contributed by atoms with Gasteiger partial charge < -0.3 is 5.32 Å². The summed E-state index contributed by atoms with van der Waals surface area (Å²) in [7, 11) is 0. The van der Waals surface area contributed by atoms with Crippen LogP contribution < -0.4 is 5.32 Å². The summed E-state index contributed by atoms with van der Waals surface area (Å²) >= 11 is 0. The maximum Gasteiger partial charge on any atom is 0.220 e. The first-order chi connectivity index (χ1) is 15.7. The van der Waals surface area contributed by atoms with Gasteiger partial charge in [-0.25, -0.2) is 0 Å². The van der Waals surface area contributed by atoms with Crippen molar-refractivity contribution in [3.8, 4) is 0 Å². The Morgan fingerprint density at radius 3 is 2.62 bits per heavy atom. The molecule has 4 rings (SSSR count). The molecule has 1 aromatic heterocycles. The maximum absolute atomic E-state index is 12.9. The van der Waals surface area contributed by atoms with E-state index < -0.39 is 0 Å². The van der Waals surface area contributed by atoms with Crippen LogP contribution in [-0.2, 0) is 4.79 Å². The van der Waals surface area contributed by atoms with Gasteiger partial charge in [0, 0.05) is 25.7 Å². The van der Waals surface area contributed by atoms with E-state index in [2.05, 4.69) is 64.6 Å². The molecular formula is C28H37N3O. The van der Waals surface area contributed by atoms with Crippen molar-refractivity contribution in [3.63, 3.8) is 0 Å². The van der Waals surface area contributed by atoms with Crippen molar-refractivity contribution in [1.29, 1.82) is 0 Å². The van der Waals surface area contributed by atoms with E-state index in [9.17, 15) is 4.79 Å². The molecule has 4 heteroatoms. The zero-order valence-electron chi connectivity index (χ0n) is 19.4. The lowest BCUT2D eigenvalue weighted by Gasteiger charge is -2.37. The predicted octanol–water partition coefficient (Wildman–Crippen LogP) is 5.63. The molecule has 1 amide bonds. The van der Waals surface area contributed by atoms with E-state index in [1.165, 1.54) is 36.8 Å². The Morgan fingerprint density at radius 2 is 1.88 bits per heavy atom. The number of carbonyl (C=O) groups is 1. The molecule has 170 valence electrons. The maximum atomic E-state index is 12.9. The van der Waals surface area contributed by atoms with Gasteiger partial charge in [0.15, 0.2) is 0 Å². The highest BCUT2D eigenvalue weighted by Crippen LogP contribution is 2.31. The van der Waals surface area contributed by atoms with E-state index in [1.807, 2.05) is 18.3 Å². The van der Waals surface area contributed by atoms with Crippen LogP contribution in [-0.4, -0.2) is 35.4 Å². The van der Waals surface area contributed by atoms with Crippen LogP contribution in [0.3, 0.4) is 0 Å². The molecule has 32 heavy (non-hydrogen) atoms. The van der Waals surface area contributed by atoms with Gasteiger partial charge in [0.1, 0.15) is 0 Å². The smallest absolute Gasteiger partial charge is 0.220 e. The van der Waals surface area contributed by atoms with Crippen molar-refractivity contribution in [2.45, 2.75) is 57.9 Å². The molecule has 1 saturated heterocycles. The Kier molecular flexibility index (Phi) is 8.11. The highest BCUT2D eigenvalue weighted by Gasteiger charge is 2.31. The highest BCUT2D eigenvalue weighted by atomic mass is 16.1. The van der Waals surface area contributed by atoms with Gasteiger partial charge in [0.2, 0.25) is 5.91 Å². The van der Waals surface area contributed by atoms with Crippen LogP contribution in [0, 0.1) is 11.8 Å². The first-order valence-electron chi connectivity index (χ1n) is 12.3. The molecule has 1 aliphatic carbocycles. The molecule has 0 spiro atoms. The van der Waals surface area contributed by atoms with Gasteiger partial charge in [-0.05, 0) is 68.7 Å². The Balaban J connectivity index is 1.42. The van der Waals surface area contributed by atoms with Gasteiger partial charge in [-0.2, -0.15) is 0 Å². The number of aromatic nitrogens is 1. The standard InChI is InChI=1S/C28H37N3O/c1-22(18-23-10-3-2-4-11-23)20-31-17-9-14-25(21-31)28(26-15-7-8-16-29-26)30-27(32)19-24-12-5-6-13-24/h2-4,7-8,10-11,15-16,18,24-25,28H,5-6,9,12-14,17,19-21H2,1H3,(H,30,32)/b22-18+. The van der Waals surface area contributed by atoms with Crippen molar-refractivity contribution >= 4 is 12.0 Å². The minimum atomic E-state index is -0.00804. The largest absolute Gasteiger partial charge is 0.347 e. The quantitative estimate of drug-likeness (QED) is 0.589. The van der Waals surface area contributed by atoms with Crippen molar-refractivity contribution in [1.82, 2.24) is 15.2 Å². The van der Waals surface area contributed by atoms with Crippen molar-refractivity contribution in [3.05, 3.63) is 71.6 Å². The van der Waals surface area contributed by atoms with Crippen LogP contribution >= 0.6 is 0 Å². The SMILES string of the molecule is C/C(=C\c1ccccc1)CN1CCCC(C(NC(=O)CC2CCCC2)c2ccccn2)C1. The zero-order chi connectivity index (χ0) is 22.2. The van der Waals surface area contributed by atoms with E-state index in [-0.39, 0.29) is 11.9 Å². The molecule has 4 nitrogen and oxygen atoms in total. The minimum absolute atomic E-state index is 0.00804. The average molecular weight is 432 g/mol. The van der Waals surface area contributed by atoms with Gasteiger partial charge in [0.25, 0.3) is 0 Å². The van der Waals surface area contributed by atoms with Gasteiger partial charge in [0.05, 0.1) is 11.7 Å². The number of hydrogen-bond donors (Lipinski definition) is 1. The van der Waals surface area contributed by atoms with Crippen molar-refractivity contribution < 1.29 is 4.79 Å². The molecule has 0 radical (unpaired) electrons. The van der Waals surface area contributed by atoms with Crippen LogP contribution in [0.2, 0.25) is 0 Å². The molecule has 2 unspecified atom stereocenters. The van der Waals surface area contributed by atoms with Crippen LogP contribution in [0.4, 0.5) is 0 Å².